The Morgan fingerprint density at radius 3 is 2.67 bits per heavy atom. The van der Waals surface area contributed by atoms with Crippen LogP contribution >= 0.6 is 11.6 Å². The minimum atomic E-state index is -0.0508. The Morgan fingerprint density at radius 2 is 2.04 bits per heavy atom. The van der Waals surface area contributed by atoms with Crippen LogP contribution in [0.3, 0.4) is 0 Å². The van der Waals surface area contributed by atoms with Crippen molar-refractivity contribution >= 4 is 34.2 Å². The minimum absolute atomic E-state index is 0.0508. The minimum Gasteiger partial charge on any atom is -0.381 e. The number of halogens is 1. The topological polar surface area (TPSA) is 58.1 Å². The molecular weight excluding hydrogens is 324 g/mol. The van der Waals surface area contributed by atoms with Crippen LogP contribution in [0.5, 0.6) is 0 Å². The lowest BCUT2D eigenvalue weighted by Gasteiger charge is -2.24. The second kappa shape index (κ2) is 7.34. The molecule has 1 fully saturated rings. The van der Waals surface area contributed by atoms with E-state index in [0.717, 1.165) is 49.8 Å². The molecule has 0 unspecified atom stereocenters. The zero-order valence-corrected chi connectivity index (χ0v) is 14.9. The Hall–Kier alpha value is -1.88. The van der Waals surface area contributed by atoms with Gasteiger partial charge in [-0.15, -0.1) is 0 Å². The number of anilines is 1. The third kappa shape index (κ3) is 3.46. The normalized spacial score (nSPS) is 14.0. The van der Waals surface area contributed by atoms with Gasteiger partial charge >= 0.3 is 0 Å². The van der Waals surface area contributed by atoms with Crippen LogP contribution in [0.15, 0.2) is 18.3 Å². The van der Waals surface area contributed by atoms with E-state index in [9.17, 15) is 4.79 Å². The number of hydrogen-bond acceptors (Lipinski definition) is 4. The monoisotopic (exact) mass is 346 g/mol. The molecule has 2 heterocycles. The van der Waals surface area contributed by atoms with E-state index in [-0.39, 0.29) is 11.1 Å². The van der Waals surface area contributed by atoms with E-state index in [1.54, 1.807) is 6.20 Å². The molecule has 5 nitrogen and oxygen atoms in total. The number of amides is 1. The van der Waals surface area contributed by atoms with E-state index in [0.29, 0.717) is 17.3 Å². The van der Waals surface area contributed by atoms with E-state index in [1.807, 2.05) is 17.0 Å². The van der Waals surface area contributed by atoms with Crippen molar-refractivity contribution < 1.29 is 4.79 Å². The Balaban J connectivity index is 2.10. The van der Waals surface area contributed by atoms with Crippen LogP contribution in [0, 0.1) is 0 Å². The summed E-state index contributed by atoms with van der Waals surface area (Å²) in [5.41, 5.74) is 1.83. The molecule has 2 aromatic heterocycles. The van der Waals surface area contributed by atoms with Gasteiger partial charge in [-0.05, 0) is 37.8 Å². The Bertz CT molecular complexity index is 739. The molecule has 3 rings (SSSR count). The molecule has 0 radical (unpaired) electrons. The van der Waals surface area contributed by atoms with Crippen LogP contribution in [0.1, 0.15) is 49.9 Å². The van der Waals surface area contributed by atoms with Crippen LogP contribution in [0.2, 0.25) is 5.15 Å². The third-order valence-electron chi connectivity index (χ3n) is 4.13. The van der Waals surface area contributed by atoms with Gasteiger partial charge in [0.2, 0.25) is 0 Å². The van der Waals surface area contributed by atoms with Gasteiger partial charge in [-0.2, -0.15) is 0 Å². The summed E-state index contributed by atoms with van der Waals surface area (Å²) >= 11 is 6.41. The largest absolute Gasteiger partial charge is 0.381 e. The average molecular weight is 347 g/mol. The SMILES string of the molecule is CCCN(CCC)C(=O)c1c(Cl)nc2ncccc2c1NC1CC1. The van der Waals surface area contributed by atoms with Gasteiger partial charge in [0.15, 0.2) is 5.65 Å². The zero-order chi connectivity index (χ0) is 17.1. The molecule has 0 bridgehead atoms. The van der Waals surface area contributed by atoms with Gasteiger partial charge in [-0.3, -0.25) is 4.79 Å². The van der Waals surface area contributed by atoms with E-state index in [4.69, 9.17) is 11.6 Å². The first-order chi connectivity index (χ1) is 11.7. The maximum Gasteiger partial charge on any atom is 0.259 e. The number of nitrogens with one attached hydrogen (secondary N) is 1. The molecule has 128 valence electrons. The summed E-state index contributed by atoms with van der Waals surface area (Å²) in [7, 11) is 0. The van der Waals surface area contributed by atoms with Gasteiger partial charge < -0.3 is 10.2 Å². The average Bonchev–Trinajstić information content (AvgIpc) is 3.38. The lowest BCUT2D eigenvalue weighted by molar-refractivity contribution is 0.0756. The number of rotatable bonds is 7. The van der Waals surface area contributed by atoms with Crippen molar-refractivity contribution in [3.05, 3.63) is 29.0 Å². The molecule has 0 atom stereocenters. The molecule has 0 spiro atoms. The standard InChI is InChI=1S/C18H23ClN4O/c1-3-10-23(11-4-2)18(24)14-15(21-12-7-8-12)13-6-5-9-20-17(13)22-16(14)19/h5-6,9,12H,3-4,7-8,10-11H2,1-2H3,(H,20,21,22). The molecule has 0 aliphatic heterocycles. The third-order valence-corrected chi connectivity index (χ3v) is 4.40. The highest BCUT2D eigenvalue weighted by atomic mass is 35.5. The molecule has 0 aromatic carbocycles. The number of carbonyl (C=O) groups is 1. The summed E-state index contributed by atoms with van der Waals surface area (Å²) in [6, 6.07) is 4.21. The molecule has 0 saturated heterocycles. The van der Waals surface area contributed by atoms with Crippen LogP contribution in [-0.2, 0) is 0 Å². The van der Waals surface area contributed by atoms with Crippen molar-refractivity contribution in [2.24, 2.45) is 0 Å². The first-order valence-corrected chi connectivity index (χ1v) is 9.03. The molecule has 1 saturated carbocycles. The lowest BCUT2D eigenvalue weighted by atomic mass is 10.1. The molecule has 1 N–H and O–H groups in total. The van der Waals surface area contributed by atoms with Gasteiger partial charge in [0.05, 0.1) is 5.69 Å². The number of pyridine rings is 2. The van der Waals surface area contributed by atoms with Crippen LogP contribution in [0.4, 0.5) is 5.69 Å². The van der Waals surface area contributed by atoms with Crippen molar-refractivity contribution in [3.63, 3.8) is 0 Å². The van der Waals surface area contributed by atoms with Crippen molar-refractivity contribution in [3.8, 4) is 0 Å². The summed E-state index contributed by atoms with van der Waals surface area (Å²) in [6.07, 6.45) is 5.75. The van der Waals surface area contributed by atoms with Crippen molar-refractivity contribution in [2.75, 3.05) is 18.4 Å². The van der Waals surface area contributed by atoms with Gasteiger partial charge in [-0.1, -0.05) is 25.4 Å². The molecule has 1 aliphatic carbocycles. The van der Waals surface area contributed by atoms with E-state index in [2.05, 4.69) is 29.1 Å². The summed E-state index contributed by atoms with van der Waals surface area (Å²) in [6.45, 7) is 5.58. The molecule has 24 heavy (non-hydrogen) atoms. The number of nitrogens with zero attached hydrogens (tertiary/aromatic N) is 3. The number of fused-ring (bicyclic) bond motifs is 1. The summed E-state index contributed by atoms with van der Waals surface area (Å²) in [4.78, 5) is 23.7. The Labute approximate surface area is 147 Å². The van der Waals surface area contributed by atoms with Crippen LogP contribution in [0.25, 0.3) is 11.0 Å². The maximum absolute atomic E-state index is 13.2. The van der Waals surface area contributed by atoms with Crippen LogP contribution in [-0.4, -0.2) is 39.9 Å². The lowest BCUT2D eigenvalue weighted by Crippen LogP contribution is -2.33. The van der Waals surface area contributed by atoms with Crippen molar-refractivity contribution in [1.29, 1.82) is 0 Å². The molecule has 2 aromatic rings. The van der Waals surface area contributed by atoms with Gasteiger partial charge in [-0.25, -0.2) is 9.97 Å². The number of hydrogen-bond donors (Lipinski definition) is 1. The predicted octanol–water partition coefficient (Wildman–Crippen LogP) is 4.12. The number of carbonyl (C=O) groups excluding carboxylic acids is 1. The summed E-state index contributed by atoms with van der Waals surface area (Å²) in [5.74, 6) is -0.0508. The Morgan fingerprint density at radius 1 is 1.33 bits per heavy atom. The fraction of sp³-hybridized carbons (Fsp3) is 0.500. The highest BCUT2D eigenvalue weighted by Crippen LogP contribution is 2.35. The number of aromatic nitrogens is 2. The summed E-state index contributed by atoms with van der Waals surface area (Å²) < 4.78 is 0. The fourth-order valence-electron chi connectivity index (χ4n) is 2.86. The zero-order valence-electron chi connectivity index (χ0n) is 14.2. The highest BCUT2D eigenvalue weighted by molar-refractivity contribution is 6.34. The van der Waals surface area contributed by atoms with Gasteiger partial charge in [0.25, 0.3) is 5.91 Å². The fourth-order valence-corrected chi connectivity index (χ4v) is 3.11. The maximum atomic E-state index is 13.2. The second-order valence-corrected chi connectivity index (χ2v) is 6.60. The first kappa shape index (κ1) is 17.0. The molecule has 1 aliphatic rings. The smallest absolute Gasteiger partial charge is 0.259 e. The quantitative estimate of drug-likeness (QED) is 0.766. The van der Waals surface area contributed by atoms with E-state index < -0.39 is 0 Å². The van der Waals surface area contributed by atoms with E-state index >= 15 is 0 Å². The van der Waals surface area contributed by atoms with Crippen LogP contribution < -0.4 is 5.32 Å². The predicted molar refractivity (Wildman–Crippen MR) is 97.7 cm³/mol. The Kier molecular flexibility index (Phi) is 5.19. The van der Waals surface area contributed by atoms with E-state index in [1.165, 1.54) is 0 Å². The van der Waals surface area contributed by atoms with Gasteiger partial charge in [0, 0.05) is 30.7 Å². The van der Waals surface area contributed by atoms with Gasteiger partial charge in [0.1, 0.15) is 10.7 Å². The van der Waals surface area contributed by atoms with Crippen molar-refractivity contribution in [1.82, 2.24) is 14.9 Å². The second-order valence-electron chi connectivity index (χ2n) is 6.24. The molecular formula is C18H23ClN4O. The highest BCUT2D eigenvalue weighted by Gasteiger charge is 2.29. The summed E-state index contributed by atoms with van der Waals surface area (Å²) in [5, 5.41) is 4.56. The first-order valence-electron chi connectivity index (χ1n) is 8.65. The van der Waals surface area contributed by atoms with Crippen molar-refractivity contribution in [2.45, 2.75) is 45.6 Å². The molecule has 6 heteroatoms. The molecule has 1 amide bonds.